The molecule has 0 radical (unpaired) electrons. The van der Waals surface area contributed by atoms with E-state index in [0.717, 1.165) is 6.42 Å². The van der Waals surface area contributed by atoms with Crippen LogP contribution in [-0.4, -0.2) is 18.2 Å². The van der Waals surface area contributed by atoms with Crippen molar-refractivity contribution in [2.75, 3.05) is 6.61 Å². The molecule has 0 saturated carbocycles. The second kappa shape index (κ2) is 2.59. The minimum Gasteiger partial charge on any atom is -0.493 e. The minimum atomic E-state index is -0.431. The molecule has 0 saturated heterocycles. The molecular formula is C9H8O3. The molecule has 1 heterocycles. The first-order valence-electron chi connectivity index (χ1n) is 3.92. The van der Waals surface area contributed by atoms with E-state index < -0.39 is 11.6 Å². The fraction of sp³-hybridized carbons (Fsp3) is 0.333. The zero-order valence-corrected chi connectivity index (χ0v) is 6.50. The summed E-state index contributed by atoms with van der Waals surface area (Å²) < 4.78 is 5.22. The summed E-state index contributed by atoms with van der Waals surface area (Å²) in [5.74, 6) is -0.239. The maximum Gasteiger partial charge on any atom is 0.232 e. The molecule has 2 aliphatic rings. The van der Waals surface area contributed by atoms with Gasteiger partial charge in [-0.05, 0) is 25.0 Å². The van der Waals surface area contributed by atoms with Crippen LogP contribution in [0, 0.1) is 0 Å². The van der Waals surface area contributed by atoms with E-state index in [0.29, 0.717) is 24.4 Å². The molecule has 2 rings (SSSR count). The van der Waals surface area contributed by atoms with E-state index >= 15 is 0 Å². The number of ether oxygens (including phenoxy) is 1. The Bertz CT molecular complexity index is 310. The predicted octanol–water partition coefficient (Wildman–Crippen LogP) is 0.759. The highest BCUT2D eigenvalue weighted by atomic mass is 16.5. The molecule has 0 aromatic carbocycles. The van der Waals surface area contributed by atoms with Crippen LogP contribution < -0.4 is 0 Å². The Morgan fingerprint density at radius 2 is 2.08 bits per heavy atom. The van der Waals surface area contributed by atoms with Gasteiger partial charge in [-0.2, -0.15) is 0 Å². The smallest absolute Gasteiger partial charge is 0.232 e. The van der Waals surface area contributed by atoms with Crippen LogP contribution >= 0.6 is 0 Å². The molecule has 3 nitrogen and oxygen atoms in total. The van der Waals surface area contributed by atoms with Crippen LogP contribution in [0.1, 0.15) is 12.8 Å². The SMILES string of the molecule is O=C1C=CC2=C(CCCO2)C1=O. The summed E-state index contributed by atoms with van der Waals surface area (Å²) in [6.45, 7) is 0.643. The maximum atomic E-state index is 11.2. The summed E-state index contributed by atoms with van der Waals surface area (Å²) in [6.07, 6.45) is 4.35. The number of Topliss-reactive ketones (excluding diaryl/α,β-unsaturated/α-hetero) is 1. The fourth-order valence-corrected chi connectivity index (χ4v) is 1.39. The van der Waals surface area contributed by atoms with Crippen molar-refractivity contribution in [2.24, 2.45) is 0 Å². The molecular weight excluding hydrogens is 156 g/mol. The monoisotopic (exact) mass is 164 g/mol. The van der Waals surface area contributed by atoms with Gasteiger partial charge in [0, 0.05) is 5.57 Å². The van der Waals surface area contributed by atoms with Gasteiger partial charge in [-0.1, -0.05) is 0 Å². The molecule has 0 amide bonds. The maximum absolute atomic E-state index is 11.2. The van der Waals surface area contributed by atoms with Crippen LogP contribution in [0.15, 0.2) is 23.5 Å². The van der Waals surface area contributed by atoms with Crippen LogP contribution in [0.25, 0.3) is 0 Å². The molecule has 0 spiro atoms. The van der Waals surface area contributed by atoms with Crippen molar-refractivity contribution < 1.29 is 14.3 Å². The van der Waals surface area contributed by atoms with Crippen LogP contribution in [-0.2, 0) is 14.3 Å². The van der Waals surface area contributed by atoms with Crippen LogP contribution in [0.2, 0.25) is 0 Å². The molecule has 3 heteroatoms. The van der Waals surface area contributed by atoms with Gasteiger partial charge in [0.15, 0.2) is 0 Å². The summed E-state index contributed by atoms with van der Waals surface area (Å²) in [6, 6.07) is 0. The van der Waals surface area contributed by atoms with Gasteiger partial charge in [-0.3, -0.25) is 9.59 Å². The third-order valence-corrected chi connectivity index (χ3v) is 2.01. The summed E-state index contributed by atoms with van der Waals surface area (Å²) in [5, 5.41) is 0. The Labute approximate surface area is 69.7 Å². The molecule has 0 N–H and O–H groups in total. The lowest BCUT2D eigenvalue weighted by Gasteiger charge is -2.19. The van der Waals surface area contributed by atoms with E-state index in [9.17, 15) is 9.59 Å². The molecule has 0 unspecified atom stereocenters. The first-order chi connectivity index (χ1) is 5.79. The highest BCUT2D eigenvalue weighted by molar-refractivity contribution is 6.48. The molecule has 12 heavy (non-hydrogen) atoms. The number of rotatable bonds is 0. The molecule has 0 fully saturated rings. The first kappa shape index (κ1) is 7.28. The Morgan fingerprint density at radius 1 is 1.25 bits per heavy atom. The summed E-state index contributed by atoms with van der Waals surface area (Å²) in [4.78, 5) is 22.1. The van der Waals surface area contributed by atoms with E-state index in [1.165, 1.54) is 6.08 Å². The first-order valence-corrected chi connectivity index (χ1v) is 3.92. The van der Waals surface area contributed by atoms with Gasteiger partial charge in [0.1, 0.15) is 5.76 Å². The molecule has 0 aromatic rings. The van der Waals surface area contributed by atoms with Gasteiger partial charge in [0.05, 0.1) is 6.61 Å². The second-order valence-electron chi connectivity index (χ2n) is 2.82. The van der Waals surface area contributed by atoms with Gasteiger partial charge >= 0.3 is 0 Å². The topological polar surface area (TPSA) is 43.4 Å². The highest BCUT2D eigenvalue weighted by Crippen LogP contribution is 2.23. The molecule has 0 bridgehead atoms. The number of hydrogen-bond donors (Lipinski definition) is 0. The highest BCUT2D eigenvalue weighted by Gasteiger charge is 2.26. The van der Waals surface area contributed by atoms with Gasteiger partial charge < -0.3 is 4.74 Å². The summed E-state index contributed by atoms with van der Waals surface area (Å²) >= 11 is 0. The Morgan fingerprint density at radius 3 is 2.92 bits per heavy atom. The largest absolute Gasteiger partial charge is 0.493 e. The number of ketones is 2. The second-order valence-corrected chi connectivity index (χ2v) is 2.82. The number of allylic oxidation sites excluding steroid dienone is 3. The Hall–Kier alpha value is -1.38. The van der Waals surface area contributed by atoms with Gasteiger partial charge in [0.25, 0.3) is 0 Å². The van der Waals surface area contributed by atoms with Crippen molar-refractivity contribution in [3.8, 4) is 0 Å². The number of hydrogen-bond acceptors (Lipinski definition) is 3. The third kappa shape index (κ3) is 0.978. The van der Waals surface area contributed by atoms with Crippen molar-refractivity contribution >= 4 is 11.6 Å². The lowest BCUT2D eigenvalue weighted by atomic mass is 9.95. The average Bonchev–Trinajstić information content (AvgIpc) is 2.12. The Balaban J connectivity index is 2.41. The minimum absolute atomic E-state index is 0.396. The Kier molecular flexibility index (Phi) is 1.57. The van der Waals surface area contributed by atoms with E-state index in [1.807, 2.05) is 0 Å². The number of carbonyl (C=O) groups excluding carboxylic acids is 2. The molecule has 0 atom stereocenters. The fourth-order valence-electron chi connectivity index (χ4n) is 1.39. The van der Waals surface area contributed by atoms with Crippen molar-refractivity contribution in [3.63, 3.8) is 0 Å². The molecule has 1 aliphatic heterocycles. The van der Waals surface area contributed by atoms with Crippen LogP contribution in [0.3, 0.4) is 0 Å². The molecule has 62 valence electrons. The quantitative estimate of drug-likeness (QED) is 0.392. The zero-order chi connectivity index (χ0) is 8.55. The van der Waals surface area contributed by atoms with Crippen molar-refractivity contribution in [1.29, 1.82) is 0 Å². The normalized spacial score (nSPS) is 22.3. The van der Waals surface area contributed by atoms with Crippen LogP contribution in [0.5, 0.6) is 0 Å². The van der Waals surface area contributed by atoms with E-state index in [4.69, 9.17) is 4.74 Å². The van der Waals surface area contributed by atoms with E-state index in [2.05, 4.69) is 0 Å². The standard InChI is InChI=1S/C9H8O3/c10-7-3-4-8-6(9(7)11)2-1-5-12-8/h3-4H,1-2,5H2. The lowest BCUT2D eigenvalue weighted by Crippen LogP contribution is -2.22. The van der Waals surface area contributed by atoms with Gasteiger partial charge in [-0.15, -0.1) is 0 Å². The lowest BCUT2D eigenvalue weighted by molar-refractivity contribution is -0.132. The molecule has 0 aromatic heterocycles. The summed E-state index contributed by atoms with van der Waals surface area (Å²) in [5.41, 5.74) is 0.550. The zero-order valence-electron chi connectivity index (χ0n) is 6.50. The third-order valence-electron chi connectivity index (χ3n) is 2.01. The average molecular weight is 164 g/mol. The number of carbonyl (C=O) groups is 2. The predicted molar refractivity (Wildman–Crippen MR) is 41.4 cm³/mol. The van der Waals surface area contributed by atoms with Gasteiger partial charge in [-0.25, -0.2) is 0 Å². The molecule has 1 aliphatic carbocycles. The van der Waals surface area contributed by atoms with E-state index in [-0.39, 0.29) is 0 Å². The van der Waals surface area contributed by atoms with Crippen molar-refractivity contribution in [3.05, 3.63) is 23.5 Å². The van der Waals surface area contributed by atoms with E-state index in [1.54, 1.807) is 6.08 Å². The van der Waals surface area contributed by atoms with Crippen molar-refractivity contribution in [1.82, 2.24) is 0 Å². The van der Waals surface area contributed by atoms with Gasteiger partial charge in [0.2, 0.25) is 11.6 Å². The van der Waals surface area contributed by atoms with Crippen molar-refractivity contribution in [2.45, 2.75) is 12.8 Å². The van der Waals surface area contributed by atoms with Crippen LogP contribution in [0.4, 0.5) is 0 Å². The summed E-state index contributed by atoms with van der Waals surface area (Å²) in [7, 11) is 0.